The van der Waals surface area contributed by atoms with Crippen LogP contribution >= 0.6 is 15.9 Å². The van der Waals surface area contributed by atoms with E-state index in [0.717, 1.165) is 44.3 Å². The number of hydrogen-bond acceptors (Lipinski definition) is 2. The Bertz CT molecular complexity index is 251. The van der Waals surface area contributed by atoms with Gasteiger partial charge in [0.2, 0.25) is 0 Å². The molecule has 3 nitrogen and oxygen atoms in total. The molecule has 15 heavy (non-hydrogen) atoms. The van der Waals surface area contributed by atoms with Crippen LogP contribution < -0.4 is 0 Å². The van der Waals surface area contributed by atoms with Crippen molar-refractivity contribution in [3.8, 4) is 0 Å². The minimum absolute atomic E-state index is 0.198. The fourth-order valence-corrected chi connectivity index (χ4v) is 2.95. The second-order valence-electron chi connectivity index (χ2n) is 4.74. The lowest BCUT2D eigenvalue weighted by Crippen LogP contribution is -2.45. The average molecular weight is 276 g/mol. The molecule has 2 rings (SSSR count). The Hall–Kier alpha value is -0.0900. The second-order valence-corrected chi connectivity index (χ2v) is 5.39. The first-order valence-electron chi connectivity index (χ1n) is 5.65. The molecule has 0 aromatic rings. The molecule has 86 valence electrons. The van der Waals surface area contributed by atoms with E-state index in [1.165, 1.54) is 0 Å². The Kier molecular flexibility index (Phi) is 3.36. The highest BCUT2D eigenvalue weighted by Crippen LogP contribution is 2.29. The minimum Gasteiger partial charge on any atom is -0.365 e. The predicted octanol–water partition coefficient (Wildman–Crippen LogP) is 1.80. The molecule has 2 heterocycles. The maximum absolute atomic E-state index is 12.2. The van der Waals surface area contributed by atoms with Gasteiger partial charge in [-0.25, -0.2) is 0 Å². The van der Waals surface area contributed by atoms with Gasteiger partial charge < -0.3 is 9.64 Å². The first-order valence-corrected chi connectivity index (χ1v) is 6.77. The standard InChI is InChI=1S/C11H18BrNO2/c1-11(4-2-6-15-11)10(14)13-5-3-9(7-12)8-13/h9H,2-8H2,1H3. The third-order valence-electron chi connectivity index (χ3n) is 3.46. The van der Waals surface area contributed by atoms with Crippen molar-refractivity contribution in [1.82, 2.24) is 4.90 Å². The van der Waals surface area contributed by atoms with Crippen molar-refractivity contribution in [3.05, 3.63) is 0 Å². The van der Waals surface area contributed by atoms with Gasteiger partial charge in [-0.2, -0.15) is 0 Å². The van der Waals surface area contributed by atoms with Crippen molar-refractivity contribution >= 4 is 21.8 Å². The van der Waals surface area contributed by atoms with Crippen molar-refractivity contribution in [2.24, 2.45) is 5.92 Å². The largest absolute Gasteiger partial charge is 0.365 e. The van der Waals surface area contributed by atoms with Gasteiger partial charge in [0.15, 0.2) is 0 Å². The van der Waals surface area contributed by atoms with E-state index in [1.807, 2.05) is 11.8 Å². The van der Waals surface area contributed by atoms with Gasteiger partial charge in [-0.05, 0) is 32.1 Å². The molecule has 0 N–H and O–H groups in total. The number of rotatable bonds is 2. The predicted molar refractivity (Wildman–Crippen MR) is 62.1 cm³/mol. The van der Waals surface area contributed by atoms with Gasteiger partial charge in [-0.3, -0.25) is 4.79 Å². The van der Waals surface area contributed by atoms with Gasteiger partial charge in [0.1, 0.15) is 5.60 Å². The summed E-state index contributed by atoms with van der Waals surface area (Å²) in [6, 6.07) is 0. The van der Waals surface area contributed by atoms with Gasteiger partial charge in [0.05, 0.1) is 0 Å². The van der Waals surface area contributed by atoms with Crippen LogP contribution in [-0.2, 0) is 9.53 Å². The number of amides is 1. The van der Waals surface area contributed by atoms with E-state index in [9.17, 15) is 4.79 Å². The summed E-state index contributed by atoms with van der Waals surface area (Å²) in [5.74, 6) is 0.822. The van der Waals surface area contributed by atoms with E-state index >= 15 is 0 Å². The maximum Gasteiger partial charge on any atom is 0.254 e. The fourth-order valence-electron chi connectivity index (χ4n) is 2.43. The molecule has 2 aliphatic rings. The number of alkyl halides is 1. The number of hydrogen-bond donors (Lipinski definition) is 0. The number of nitrogens with zero attached hydrogens (tertiary/aromatic N) is 1. The summed E-state index contributed by atoms with van der Waals surface area (Å²) in [5, 5.41) is 0.994. The topological polar surface area (TPSA) is 29.5 Å². The molecule has 2 aliphatic heterocycles. The fraction of sp³-hybridized carbons (Fsp3) is 0.909. The number of likely N-dealkylation sites (tertiary alicyclic amines) is 1. The molecular weight excluding hydrogens is 258 g/mol. The van der Waals surface area contributed by atoms with E-state index in [1.54, 1.807) is 0 Å². The Balaban J connectivity index is 1.96. The molecule has 0 saturated carbocycles. The quantitative estimate of drug-likeness (QED) is 0.720. The monoisotopic (exact) mass is 275 g/mol. The van der Waals surface area contributed by atoms with E-state index < -0.39 is 5.60 Å². The third kappa shape index (κ3) is 2.21. The normalized spacial score (nSPS) is 36.1. The summed E-state index contributed by atoms with van der Waals surface area (Å²) in [6.45, 7) is 4.46. The van der Waals surface area contributed by atoms with Crippen LogP contribution in [-0.4, -0.2) is 41.4 Å². The van der Waals surface area contributed by atoms with Gasteiger partial charge in [-0.1, -0.05) is 15.9 Å². The summed E-state index contributed by atoms with van der Waals surface area (Å²) in [4.78, 5) is 14.2. The summed E-state index contributed by atoms with van der Waals surface area (Å²) in [7, 11) is 0. The van der Waals surface area contributed by atoms with Crippen molar-refractivity contribution in [3.63, 3.8) is 0 Å². The zero-order valence-electron chi connectivity index (χ0n) is 9.17. The van der Waals surface area contributed by atoms with Crippen LogP contribution in [0.3, 0.4) is 0 Å². The summed E-state index contributed by atoms with van der Waals surface area (Å²) in [6.07, 6.45) is 3.01. The number of carbonyl (C=O) groups excluding carboxylic acids is 1. The highest BCUT2D eigenvalue weighted by Gasteiger charge is 2.42. The molecule has 2 saturated heterocycles. The Morgan fingerprint density at radius 2 is 2.47 bits per heavy atom. The van der Waals surface area contributed by atoms with E-state index in [-0.39, 0.29) is 5.91 Å². The number of carbonyl (C=O) groups is 1. The van der Waals surface area contributed by atoms with Crippen LogP contribution in [0.5, 0.6) is 0 Å². The van der Waals surface area contributed by atoms with Crippen molar-refractivity contribution in [2.75, 3.05) is 25.0 Å². The molecule has 4 heteroatoms. The highest BCUT2D eigenvalue weighted by molar-refractivity contribution is 9.09. The lowest BCUT2D eigenvalue weighted by molar-refractivity contribution is -0.149. The van der Waals surface area contributed by atoms with Crippen LogP contribution in [0.15, 0.2) is 0 Å². The first-order chi connectivity index (χ1) is 7.15. The Morgan fingerprint density at radius 1 is 1.67 bits per heavy atom. The van der Waals surface area contributed by atoms with Gasteiger partial charge in [0, 0.05) is 25.0 Å². The first kappa shape index (κ1) is 11.4. The molecule has 2 atom stereocenters. The minimum atomic E-state index is -0.527. The van der Waals surface area contributed by atoms with Crippen LogP contribution in [0.25, 0.3) is 0 Å². The average Bonchev–Trinajstić information content (AvgIpc) is 2.85. The summed E-state index contributed by atoms with van der Waals surface area (Å²) >= 11 is 3.48. The molecule has 0 spiro atoms. The molecule has 0 radical (unpaired) electrons. The SMILES string of the molecule is CC1(C(=O)N2CCC(CBr)C2)CCCO1. The van der Waals surface area contributed by atoms with E-state index in [4.69, 9.17) is 4.74 Å². The van der Waals surface area contributed by atoms with Crippen LogP contribution in [0.1, 0.15) is 26.2 Å². The third-order valence-corrected chi connectivity index (χ3v) is 4.38. The molecule has 0 aliphatic carbocycles. The maximum atomic E-state index is 12.2. The Labute approximate surface area is 99.3 Å². The zero-order valence-corrected chi connectivity index (χ0v) is 10.8. The van der Waals surface area contributed by atoms with Crippen molar-refractivity contribution in [1.29, 1.82) is 0 Å². The molecule has 0 bridgehead atoms. The van der Waals surface area contributed by atoms with Gasteiger partial charge >= 0.3 is 0 Å². The lowest BCUT2D eigenvalue weighted by atomic mass is 10.0. The molecule has 0 aromatic carbocycles. The second kappa shape index (κ2) is 4.42. The summed E-state index contributed by atoms with van der Waals surface area (Å²) in [5.41, 5.74) is -0.527. The zero-order chi connectivity index (χ0) is 10.9. The highest BCUT2D eigenvalue weighted by atomic mass is 79.9. The molecular formula is C11H18BrNO2. The molecule has 1 amide bonds. The van der Waals surface area contributed by atoms with E-state index in [2.05, 4.69) is 15.9 Å². The number of halogens is 1. The van der Waals surface area contributed by atoms with Crippen LogP contribution in [0.2, 0.25) is 0 Å². The smallest absolute Gasteiger partial charge is 0.254 e. The lowest BCUT2D eigenvalue weighted by Gasteiger charge is -2.28. The van der Waals surface area contributed by atoms with Crippen LogP contribution in [0.4, 0.5) is 0 Å². The Morgan fingerprint density at radius 3 is 3.00 bits per heavy atom. The summed E-state index contributed by atoms with van der Waals surface area (Å²) < 4.78 is 5.58. The molecule has 0 aromatic heterocycles. The van der Waals surface area contributed by atoms with Crippen LogP contribution in [0, 0.1) is 5.92 Å². The number of ether oxygens (including phenoxy) is 1. The van der Waals surface area contributed by atoms with Crippen molar-refractivity contribution < 1.29 is 9.53 Å². The molecule has 2 unspecified atom stereocenters. The molecule has 2 fully saturated rings. The van der Waals surface area contributed by atoms with Gasteiger partial charge in [0.25, 0.3) is 5.91 Å². The van der Waals surface area contributed by atoms with Crippen molar-refractivity contribution in [2.45, 2.75) is 31.8 Å². The van der Waals surface area contributed by atoms with E-state index in [0.29, 0.717) is 5.92 Å². The van der Waals surface area contributed by atoms with Gasteiger partial charge in [-0.15, -0.1) is 0 Å².